The third kappa shape index (κ3) is 5.36. The van der Waals surface area contributed by atoms with Crippen LogP contribution < -0.4 is 0 Å². The predicted molar refractivity (Wildman–Crippen MR) is 84.6 cm³/mol. The van der Waals surface area contributed by atoms with Gasteiger partial charge in [-0.2, -0.15) is 48.3 Å². The minimum atomic E-state index is -7.25. The first-order valence-corrected chi connectivity index (χ1v) is 8.55. The van der Waals surface area contributed by atoms with Crippen LogP contribution in [0.2, 0.25) is 0 Å². The molecule has 0 aliphatic heterocycles. The summed E-state index contributed by atoms with van der Waals surface area (Å²) in [6.07, 6.45) is -8.31. The van der Waals surface area contributed by atoms with Gasteiger partial charge >= 0.3 is 34.6 Å². The SMILES string of the molecule is COC(C)(CCCN(C)C)C(F)(F)C(F)(F)C(F)(F)C(F)(F)OC(F)(Cl)C(F)(F)Cl. The molecule has 0 rings (SSSR count). The van der Waals surface area contributed by atoms with E-state index in [1.165, 1.54) is 19.0 Å². The fourth-order valence-electron chi connectivity index (χ4n) is 2.11. The highest BCUT2D eigenvalue weighted by molar-refractivity contribution is 6.31. The molecule has 0 bridgehead atoms. The van der Waals surface area contributed by atoms with Crippen LogP contribution in [-0.2, 0) is 9.47 Å². The number of rotatable bonds is 12. The highest BCUT2D eigenvalue weighted by atomic mass is 35.5. The van der Waals surface area contributed by atoms with Crippen LogP contribution in [0.3, 0.4) is 0 Å². The van der Waals surface area contributed by atoms with Crippen molar-refractivity contribution in [3.05, 3.63) is 0 Å². The second kappa shape index (κ2) is 8.91. The van der Waals surface area contributed by atoms with Gasteiger partial charge in [-0.05, 0) is 63.6 Å². The Balaban J connectivity index is 6.13. The first-order chi connectivity index (χ1) is 12.9. The third-order valence-electron chi connectivity index (χ3n) is 4.11. The van der Waals surface area contributed by atoms with Gasteiger partial charge in [-0.3, -0.25) is 4.74 Å². The molecule has 0 radical (unpaired) electrons. The number of nitrogens with zero attached hydrogens (tertiary/aromatic N) is 1. The van der Waals surface area contributed by atoms with E-state index in [1.807, 2.05) is 0 Å². The van der Waals surface area contributed by atoms with Crippen LogP contribution in [-0.4, -0.2) is 72.8 Å². The molecule has 0 aliphatic carbocycles. The number of halogens is 13. The Kier molecular flexibility index (Phi) is 8.82. The molecule has 0 aromatic heterocycles. The second-order valence-electron chi connectivity index (χ2n) is 6.70. The molecule has 16 heteroatoms. The van der Waals surface area contributed by atoms with Gasteiger partial charge in [-0.1, -0.05) is 0 Å². The monoisotopic (exact) mass is 511 g/mol. The standard InChI is InChI=1S/C14H18Cl2F11NO2/c1-8(29-4,6-5-7-28(2)3)9(17,18)10(19,20)11(21,22)14(26,27)30-13(16,25)12(15,23)24/h5-7H2,1-4H3. The van der Waals surface area contributed by atoms with Gasteiger partial charge in [0.05, 0.1) is 0 Å². The molecule has 0 heterocycles. The molecule has 0 aliphatic rings. The molecule has 0 aromatic carbocycles. The van der Waals surface area contributed by atoms with Crippen molar-refractivity contribution in [2.45, 2.75) is 59.9 Å². The average molecular weight is 512 g/mol. The molecule has 2 atom stereocenters. The molecule has 30 heavy (non-hydrogen) atoms. The van der Waals surface area contributed by atoms with E-state index in [4.69, 9.17) is 0 Å². The molecule has 2 unspecified atom stereocenters. The highest BCUT2D eigenvalue weighted by Gasteiger charge is 2.86. The van der Waals surface area contributed by atoms with Crippen molar-refractivity contribution < 1.29 is 57.8 Å². The maximum Gasteiger partial charge on any atom is 0.429 e. The summed E-state index contributed by atoms with van der Waals surface area (Å²) >= 11 is 8.10. The van der Waals surface area contributed by atoms with E-state index in [2.05, 4.69) is 32.7 Å². The van der Waals surface area contributed by atoms with Crippen LogP contribution in [0, 0.1) is 0 Å². The smallest absolute Gasteiger partial charge is 0.372 e. The maximum atomic E-state index is 14.4. The Labute approximate surface area is 174 Å². The van der Waals surface area contributed by atoms with Crippen molar-refractivity contribution in [3.63, 3.8) is 0 Å². The zero-order chi connectivity index (χ0) is 24.6. The normalized spacial score (nSPS) is 19.0. The van der Waals surface area contributed by atoms with Crippen LogP contribution in [0.15, 0.2) is 0 Å². The van der Waals surface area contributed by atoms with Gasteiger partial charge in [-0.15, -0.1) is 0 Å². The van der Waals surface area contributed by atoms with E-state index in [0.717, 1.165) is 0 Å². The lowest BCUT2D eigenvalue weighted by Gasteiger charge is -2.44. The molecule has 0 spiro atoms. The second-order valence-corrected chi connectivity index (χ2v) is 7.66. The van der Waals surface area contributed by atoms with Crippen molar-refractivity contribution in [2.75, 3.05) is 27.7 Å². The molecule has 0 aromatic rings. The number of methoxy groups -OCH3 is 1. The summed E-state index contributed by atoms with van der Waals surface area (Å²) in [6.45, 7) is 0.247. The molecule has 3 nitrogen and oxygen atoms in total. The van der Waals surface area contributed by atoms with E-state index >= 15 is 0 Å². The summed E-state index contributed by atoms with van der Waals surface area (Å²) in [5, 5.41) is -11.3. The number of alkyl halides is 13. The first kappa shape index (κ1) is 29.7. The molecule has 0 amide bonds. The van der Waals surface area contributed by atoms with E-state index in [1.54, 1.807) is 0 Å². The average Bonchev–Trinajstić information content (AvgIpc) is 2.51. The molecule has 0 saturated heterocycles. The lowest BCUT2D eigenvalue weighted by molar-refractivity contribution is -0.464. The van der Waals surface area contributed by atoms with Crippen LogP contribution in [0.25, 0.3) is 0 Å². The number of hydrogen-bond acceptors (Lipinski definition) is 3. The topological polar surface area (TPSA) is 21.7 Å². The molecule has 182 valence electrons. The van der Waals surface area contributed by atoms with Crippen molar-refractivity contribution in [2.24, 2.45) is 0 Å². The molecule has 0 N–H and O–H groups in total. The van der Waals surface area contributed by atoms with Gasteiger partial charge in [0.1, 0.15) is 5.60 Å². The summed E-state index contributed by atoms with van der Waals surface area (Å²) in [5.41, 5.74) is -3.43. The van der Waals surface area contributed by atoms with Crippen molar-refractivity contribution in [1.29, 1.82) is 0 Å². The van der Waals surface area contributed by atoms with E-state index in [0.29, 0.717) is 7.11 Å². The fourth-order valence-corrected chi connectivity index (χ4v) is 2.25. The third-order valence-corrected chi connectivity index (χ3v) is 4.77. The van der Waals surface area contributed by atoms with Gasteiger partial charge < -0.3 is 9.64 Å². The highest BCUT2D eigenvalue weighted by Crippen LogP contribution is 2.59. The van der Waals surface area contributed by atoms with Crippen LogP contribution in [0.1, 0.15) is 19.8 Å². The fraction of sp³-hybridized carbons (Fsp3) is 1.00. The molecule has 0 saturated carbocycles. The van der Waals surface area contributed by atoms with Crippen molar-refractivity contribution >= 4 is 23.2 Å². The summed E-state index contributed by atoms with van der Waals surface area (Å²) in [5.74, 6) is -20.3. The Hall–Kier alpha value is -0.310. The Morgan fingerprint density at radius 2 is 1.20 bits per heavy atom. The van der Waals surface area contributed by atoms with E-state index in [-0.39, 0.29) is 19.9 Å². The van der Waals surface area contributed by atoms with Crippen LogP contribution in [0.5, 0.6) is 0 Å². The van der Waals surface area contributed by atoms with Crippen LogP contribution in [0.4, 0.5) is 48.3 Å². The van der Waals surface area contributed by atoms with Crippen LogP contribution >= 0.6 is 23.2 Å². The number of hydrogen-bond donors (Lipinski definition) is 0. The Morgan fingerprint density at radius 3 is 1.53 bits per heavy atom. The predicted octanol–water partition coefficient (Wildman–Crippen LogP) is 5.94. The Bertz CT molecular complexity index is 585. The first-order valence-electron chi connectivity index (χ1n) is 7.79. The van der Waals surface area contributed by atoms with Gasteiger partial charge in [0.2, 0.25) is 0 Å². The zero-order valence-electron chi connectivity index (χ0n) is 15.8. The van der Waals surface area contributed by atoms with E-state index in [9.17, 15) is 48.3 Å². The lowest BCUT2D eigenvalue weighted by atomic mass is 9.85. The van der Waals surface area contributed by atoms with Gasteiger partial charge in [0.25, 0.3) is 0 Å². The summed E-state index contributed by atoms with van der Waals surface area (Å²) < 4.78 is 157. The maximum absolute atomic E-state index is 14.4. The minimum absolute atomic E-state index is 0.00229. The summed E-state index contributed by atoms with van der Waals surface area (Å²) in [4.78, 5) is 1.41. The Morgan fingerprint density at radius 1 is 0.767 bits per heavy atom. The van der Waals surface area contributed by atoms with E-state index < -0.39 is 46.6 Å². The largest absolute Gasteiger partial charge is 0.429 e. The minimum Gasteiger partial charge on any atom is -0.372 e. The quantitative estimate of drug-likeness (QED) is 0.239. The van der Waals surface area contributed by atoms with Gasteiger partial charge in [0, 0.05) is 7.11 Å². The van der Waals surface area contributed by atoms with Gasteiger partial charge in [0.15, 0.2) is 0 Å². The zero-order valence-corrected chi connectivity index (χ0v) is 17.3. The summed E-state index contributed by atoms with van der Waals surface area (Å²) in [6, 6.07) is 0. The lowest BCUT2D eigenvalue weighted by Crippen LogP contribution is -2.70. The van der Waals surface area contributed by atoms with Gasteiger partial charge in [-0.25, -0.2) is 0 Å². The van der Waals surface area contributed by atoms with Crippen molar-refractivity contribution in [1.82, 2.24) is 4.90 Å². The summed E-state index contributed by atoms with van der Waals surface area (Å²) in [7, 11) is 3.36. The molecular weight excluding hydrogens is 494 g/mol. The molecule has 0 fully saturated rings. The number of ether oxygens (including phenoxy) is 2. The van der Waals surface area contributed by atoms with Crippen molar-refractivity contribution in [3.8, 4) is 0 Å². The molecular formula is C14H18Cl2F11NO2.